The summed E-state index contributed by atoms with van der Waals surface area (Å²) in [7, 11) is 0. The molecule has 1 aliphatic carbocycles. The molecule has 0 aromatic rings. The quantitative estimate of drug-likeness (QED) is 0.483. The van der Waals surface area contributed by atoms with Crippen molar-refractivity contribution in [3.8, 4) is 0 Å². The van der Waals surface area contributed by atoms with Crippen LogP contribution in [0, 0.1) is 11.8 Å². The molecule has 0 amide bonds. The highest BCUT2D eigenvalue weighted by Crippen LogP contribution is 2.34. The van der Waals surface area contributed by atoms with Crippen molar-refractivity contribution in [3.63, 3.8) is 0 Å². The van der Waals surface area contributed by atoms with Crippen molar-refractivity contribution in [3.05, 3.63) is 0 Å². The number of nitrogens with two attached hydrogens (primary N) is 1. The summed E-state index contributed by atoms with van der Waals surface area (Å²) in [4.78, 5) is 0. The molecule has 3 nitrogen and oxygen atoms in total. The van der Waals surface area contributed by atoms with Crippen molar-refractivity contribution in [1.29, 1.82) is 0 Å². The van der Waals surface area contributed by atoms with Gasteiger partial charge in [0.25, 0.3) is 0 Å². The topological polar surface area (TPSA) is 47.3 Å². The molecule has 17 heavy (non-hydrogen) atoms. The lowest BCUT2D eigenvalue weighted by Gasteiger charge is -2.37. The highest BCUT2D eigenvalue weighted by atomic mass is 16.5. The average Bonchev–Trinajstić information content (AvgIpc) is 2.23. The van der Waals surface area contributed by atoms with Gasteiger partial charge in [0.15, 0.2) is 0 Å². The van der Waals surface area contributed by atoms with Crippen LogP contribution >= 0.6 is 0 Å². The van der Waals surface area contributed by atoms with E-state index < -0.39 is 0 Å². The van der Waals surface area contributed by atoms with Crippen LogP contribution in [0.3, 0.4) is 0 Å². The SMILES string of the molecule is CCOC1CC(CC(CCCC(C)C)NN)C1. The first-order valence-corrected chi connectivity index (χ1v) is 7.23. The fourth-order valence-electron chi connectivity index (χ4n) is 2.68. The molecule has 1 rings (SSSR count). The molecule has 1 saturated carbocycles. The number of rotatable bonds is 9. The van der Waals surface area contributed by atoms with Gasteiger partial charge < -0.3 is 4.74 Å². The molecule has 1 unspecified atom stereocenters. The maximum absolute atomic E-state index is 5.63. The Morgan fingerprint density at radius 1 is 1.29 bits per heavy atom. The van der Waals surface area contributed by atoms with Crippen LogP contribution in [0.5, 0.6) is 0 Å². The highest BCUT2D eigenvalue weighted by molar-refractivity contribution is 4.83. The molecule has 0 aliphatic heterocycles. The molecule has 0 spiro atoms. The summed E-state index contributed by atoms with van der Waals surface area (Å²) in [5, 5.41) is 0. The van der Waals surface area contributed by atoms with E-state index in [0.29, 0.717) is 12.1 Å². The van der Waals surface area contributed by atoms with Crippen LogP contribution in [0.25, 0.3) is 0 Å². The van der Waals surface area contributed by atoms with E-state index in [2.05, 4.69) is 26.2 Å². The van der Waals surface area contributed by atoms with E-state index in [1.807, 2.05) is 0 Å². The first kappa shape index (κ1) is 14.9. The Balaban J connectivity index is 2.07. The maximum atomic E-state index is 5.63. The summed E-state index contributed by atoms with van der Waals surface area (Å²) in [6.45, 7) is 7.49. The van der Waals surface area contributed by atoms with Gasteiger partial charge in [-0.2, -0.15) is 0 Å². The van der Waals surface area contributed by atoms with Crippen molar-refractivity contribution in [2.75, 3.05) is 6.61 Å². The molecule has 0 aromatic carbocycles. The Labute approximate surface area is 106 Å². The third-order valence-corrected chi connectivity index (χ3v) is 3.78. The molecular weight excluding hydrogens is 212 g/mol. The minimum Gasteiger partial charge on any atom is -0.378 e. The van der Waals surface area contributed by atoms with Crippen LogP contribution in [0.4, 0.5) is 0 Å². The van der Waals surface area contributed by atoms with Crippen LogP contribution in [-0.2, 0) is 4.74 Å². The molecule has 3 heteroatoms. The summed E-state index contributed by atoms with van der Waals surface area (Å²) < 4.78 is 5.58. The van der Waals surface area contributed by atoms with E-state index in [0.717, 1.165) is 18.4 Å². The minimum absolute atomic E-state index is 0.501. The Hall–Kier alpha value is -0.120. The average molecular weight is 242 g/mol. The zero-order chi connectivity index (χ0) is 12.7. The van der Waals surface area contributed by atoms with E-state index >= 15 is 0 Å². The van der Waals surface area contributed by atoms with E-state index in [9.17, 15) is 0 Å². The number of hydrazine groups is 1. The van der Waals surface area contributed by atoms with Crippen LogP contribution < -0.4 is 11.3 Å². The number of nitrogens with one attached hydrogen (secondary N) is 1. The van der Waals surface area contributed by atoms with Gasteiger partial charge in [0.2, 0.25) is 0 Å². The van der Waals surface area contributed by atoms with E-state index in [4.69, 9.17) is 10.6 Å². The van der Waals surface area contributed by atoms with E-state index in [1.165, 1.54) is 38.5 Å². The predicted octanol–water partition coefficient (Wildman–Crippen LogP) is 2.85. The Morgan fingerprint density at radius 2 is 2.00 bits per heavy atom. The predicted molar refractivity (Wildman–Crippen MR) is 72.6 cm³/mol. The molecule has 3 N–H and O–H groups in total. The molecule has 1 atom stereocenters. The number of hydrogen-bond donors (Lipinski definition) is 2. The molecule has 0 radical (unpaired) electrons. The molecule has 102 valence electrons. The van der Waals surface area contributed by atoms with Gasteiger partial charge >= 0.3 is 0 Å². The van der Waals surface area contributed by atoms with Crippen LogP contribution in [0.1, 0.15) is 59.3 Å². The second kappa shape index (κ2) is 8.06. The largest absolute Gasteiger partial charge is 0.378 e. The summed E-state index contributed by atoms with van der Waals surface area (Å²) in [5.41, 5.74) is 2.98. The molecule has 0 aromatic heterocycles. The van der Waals surface area contributed by atoms with Gasteiger partial charge in [0.1, 0.15) is 0 Å². The molecule has 1 aliphatic rings. The second-order valence-electron chi connectivity index (χ2n) is 5.84. The van der Waals surface area contributed by atoms with Crippen molar-refractivity contribution in [1.82, 2.24) is 5.43 Å². The van der Waals surface area contributed by atoms with Gasteiger partial charge in [0.05, 0.1) is 6.10 Å². The first-order chi connectivity index (χ1) is 8.15. The third kappa shape index (κ3) is 5.84. The lowest BCUT2D eigenvalue weighted by Crippen LogP contribution is -2.41. The van der Waals surface area contributed by atoms with Gasteiger partial charge in [0, 0.05) is 12.6 Å². The van der Waals surface area contributed by atoms with Gasteiger partial charge in [-0.15, -0.1) is 0 Å². The fourth-order valence-corrected chi connectivity index (χ4v) is 2.68. The minimum atomic E-state index is 0.501. The van der Waals surface area contributed by atoms with Gasteiger partial charge in [-0.3, -0.25) is 11.3 Å². The van der Waals surface area contributed by atoms with E-state index in [1.54, 1.807) is 0 Å². The Bertz CT molecular complexity index is 191. The highest BCUT2D eigenvalue weighted by Gasteiger charge is 2.30. The van der Waals surface area contributed by atoms with Gasteiger partial charge in [-0.25, -0.2) is 0 Å². The summed E-state index contributed by atoms with van der Waals surface area (Å²) in [6, 6.07) is 0.501. The van der Waals surface area contributed by atoms with Crippen molar-refractivity contribution in [2.45, 2.75) is 71.4 Å². The van der Waals surface area contributed by atoms with Crippen LogP contribution in [0.2, 0.25) is 0 Å². The monoisotopic (exact) mass is 242 g/mol. The second-order valence-corrected chi connectivity index (χ2v) is 5.84. The Morgan fingerprint density at radius 3 is 2.53 bits per heavy atom. The molecular formula is C14H30N2O. The summed E-state index contributed by atoms with van der Waals surface area (Å²) >= 11 is 0. The zero-order valence-electron chi connectivity index (χ0n) is 11.7. The number of hydrogen-bond acceptors (Lipinski definition) is 3. The maximum Gasteiger partial charge on any atom is 0.0580 e. The van der Waals surface area contributed by atoms with Crippen LogP contribution in [0.15, 0.2) is 0 Å². The summed E-state index contributed by atoms with van der Waals surface area (Å²) in [6.07, 6.45) is 8.02. The molecule has 0 bridgehead atoms. The Kier molecular flexibility index (Phi) is 7.09. The third-order valence-electron chi connectivity index (χ3n) is 3.78. The zero-order valence-corrected chi connectivity index (χ0v) is 11.7. The van der Waals surface area contributed by atoms with Crippen molar-refractivity contribution < 1.29 is 4.74 Å². The lowest BCUT2D eigenvalue weighted by molar-refractivity contribution is -0.0293. The van der Waals surface area contributed by atoms with Crippen molar-refractivity contribution in [2.24, 2.45) is 17.7 Å². The van der Waals surface area contributed by atoms with Gasteiger partial charge in [-0.1, -0.05) is 26.7 Å². The molecule has 0 saturated heterocycles. The fraction of sp³-hybridized carbons (Fsp3) is 1.00. The van der Waals surface area contributed by atoms with E-state index in [-0.39, 0.29) is 0 Å². The molecule has 0 heterocycles. The molecule has 1 fully saturated rings. The van der Waals surface area contributed by atoms with Crippen molar-refractivity contribution >= 4 is 0 Å². The first-order valence-electron chi connectivity index (χ1n) is 7.23. The lowest BCUT2D eigenvalue weighted by atomic mass is 9.77. The van der Waals surface area contributed by atoms with Crippen LogP contribution in [-0.4, -0.2) is 18.8 Å². The summed E-state index contributed by atoms with van der Waals surface area (Å²) in [5.74, 6) is 7.26. The number of ether oxygens (including phenoxy) is 1. The standard InChI is InChI=1S/C14H30N2O/c1-4-17-14-9-12(10-14)8-13(16-15)7-5-6-11(2)3/h11-14,16H,4-10,15H2,1-3H3. The smallest absolute Gasteiger partial charge is 0.0580 e. The van der Waals surface area contributed by atoms with Gasteiger partial charge in [-0.05, 0) is 44.4 Å². The normalized spacial score (nSPS) is 25.9.